The minimum atomic E-state index is 0.0733. The summed E-state index contributed by atoms with van der Waals surface area (Å²) in [6.07, 6.45) is 2.78. The highest BCUT2D eigenvalue weighted by molar-refractivity contribution is 5.99. The van der Waals surface area contributed by atoms with E-state index in [4.69, 9.17) is 5.73 Å². The standard InChI is InChI=1S/C15H21N3O/c16-14-4-2-1-3-13(14)15(19)18-9-7-17(8-10-18)11-12-5-6-12/h1-4,12H,5-11,16H2. The maximum absolute atomic E-state index is 12.4. The highest BCUT2D eigenvalue weighted by atomic mass is 16.2. The molecule has 1 aromatic carbocycles. The summed E-state index contributed by atoms with van der Waals surface area (Å²) in [5, 5.41) is 0. The van der Waals surface area contributed by atoms with Gasteiger partial charge >= 0.3 is 0 Å². The average molecular weight is 259 g/mol. The lowest BCUT2D eigenvalue weighted by atomic mass is 10.1. The fourth-order valence-electron chi connectivity index (χ4n) is 2.66. The van der Waals surface area contributed by atoms with Crippen molar-refractivity contribution >= 4 is 11.6 Å². The first-order valence-corrected chi connectivity index (χ1v) is 7.10. The SMILES string of the molecule is Nc1ccccc1C(=O)N1CCN(CC2CC2)CC1. The second kappa shape index (κ2) is 5.21. The lowest BCUT2D eigenvalue weighted by Gasteiger charge is -2.35. The van der Waals surface area contributed by atoms with Gasteiger partial charge in [-0.2, -0.15) is 0 Å². The van der Waals surface area contributed by atoms with Crippen LogP contribution in [-0.2, 0) is 0 Å². The number of hydrogen-bond donors (Lipinski definition) is 1. The Labute approximate surface area is 114 Å². The molecule has 0 aromatic heterocycles. The molecule has 1 aromatic rings. The number of hydrogen-bond acceptors (Lipinski definition) is 3. The minimum absolute atomic E-state index is 0.0733. The number of carbonyl (C=O) groups is 1. The van der Waals surface area contributed by atoms with Gasteiger partial charge in [-0.25, -0.2) is 0 Å². The van der Waals surface area contributed by atoms with Crippen LogP contribution in [0.3, 0.4) is 0 Å². The van der Waals surface area contributed by atoms with E-state index in [0.29, 0.717) is 11.3 Å². The highest BCUT2D eigenvalue weighted by Gasteiger charge is 2.28. The molecule has 0 radical (unpaired) electrons. The molecule has 0 bridgehead atoms. The molecular formula is C15H21N3O. The number of nitrogens with two attached hydrogens (primary N) is 1. The third-order valence-electron chi connectivity index (χ3n) is 4.06. The fourth-order valence-corrected chi connectivity index (χ4v) is 2.66. The van der Waals surface area contributed by atoms with Crippen LogP contribution in [0.15, 0.2) is 24.3 Å². The van der Waals surface area contributed by atoms with E-state index >= 15 is 0 Å². The second-order valence-electron chi connectivity index (χ2n) is 5.62. The van der Waals surface area contributed by atoms with E-state index in [-0.39, 0.29) is 5.91 Å². The predicted octanol–water partition coefficient (Wildman–Crippen LogP) is 1.44. The fraction of sp³-hybridized carbons (Fsp3) is 0.533. The van der Waals surface area contributed by atoms with Crippen LogP contribution >= 0.6 is 0 Å². The number of amides is 1. The maximum atomic E-state index is 12.4. The van der Waals surface area contributed by atoms with Gasteiger partial charge in [0.1, 0.15) is 0 Å². The molecule has 2 aliphatic rings. The number of para-hydroxylation sites is 1. The van der Waals surface area contributed by atoms with Crippen molar-refractivity contribution < 1.29 is 4.79 Å². The van der Waals surface area contributed by atoms with Crippen LogP contribution in [0.4, 0.5) is 5.69 Å². The van der Waals surface area contributed by atoms with Gasteiger partial charge in [0.05, 0.1) is 5.56 Å². The highest BCUT2D eigenvalue weighted by Crippen LogP contribution is 2.30. The Balaban J connectivity index is 1.58. The molecule has 1 aliphatic carbocycles. The molecule has 0 spiro atoms. The largest absolute Gasteiger partial charge is 0.398 e. The first kappa shape index (κ1) is 12.5. The Bertz CT molecular complexity index is 462. The number of nitrogens with zero attached hydrogens (tertiary/aromatic N) is 2. The summed E-state index contributed by atoms with van der Waals surface area (Å²) in [5.74, 6) is 0.996. The van der Waals surface area contributed by atoms with Crippen molar-refractivity contribution in [3.8, 4) is 0 Å². The van der Waals surface area contributed by atoms with E-state index in [0.717, 1.165) is 32.1 Å². The lowest BCUT2D eigenvalue weighted by Crippen LogP contribution is -2.49. The van der Waals surface area contributed by atoms with Crippen molar-refractivity contribution in [1.82, 2.24) is 9.80 Å². The van der Waals surface area contributed by atoms with Gasteiger partial charge in [0, 0.05) is 38.4 Å². The zero-order valence-electron chi connectivity index (χ0n) is 11.2. The number of rotatable bonds is 3. The van der Waals surface area contributed by atoms with Crippen molar-refractivity contribution in [1.29, 1.82) is 0 Å². The Hall–Kier alpha value is -1.55. The molecule has 1 saturated heterocycles. The van der Waals surface area contributed by atoms with E-state index in [2.05, 4.69) is 4.90 Å². The number of carbonyl (C=O) groups excluding carboxylic acids is 1. The molecular weight excluding hydrogens is 238 g/mol. The predicted molar refractivity (Wildman–Crippen MR) is 75.9 cm³/mol. The van der Waals surface area contributed by atoms with Crippen LogP contribution in [-0.4, -0.2) is 48.4 Å². The van der Waals surface area contributed by atoms with E-state index in [1.807, 2.05) is 23.1 Å². The van der Waals surface area contributed by atoms with Crippen molar-refractivity contribution in [2.45, 2.75) is 12.8 Å². The molecule has 1 amide bonds. The van der Waals surface area contributed by atoms with Gasteiger partial charge in [0.2, 0.25) is 0 Å². The molecule has 1 saturated carbocycles. The van der Waals surface area contributed by atoms with E-state index < -0.39 is 0 Å². The first-order chi connectivity index (χ1) is 9.24. The Morgan fingerprint density at radius 2 is 1.84 bits per heavy atom. The van der Waals surface area contributed by atoms with E-state index in [1.165, 1.54) is 19.4 Å². The number of piperazine rings is 1. The molecule has 4 nitrogen and oxygen atoms in total. The van der Waals surface area contributed by atoms with Crippen molar-refractivity contribution in [3.05, 3.63) is 29.8 Å². The van der Waals surface area contributed by atoms with Crippen LogP contribution in [0, 0.1) is 5.92 Å². The Kier molecular flexibility index (Phi) is 3.42. The van der Waals surface area contributed by atoms with Gasteiger partial charge in [-0.1, -0.05) is 12.1 Å². The third-order valence-corrected chi connectivity index (χ3v) is 4.06. The number of nitrogen functional groups attached to an aromatic ring is 1. The number of benzene rings is 1. The lowest BCUT2D eigenvalue weighted by molar-refractivity contribution is 0.0633. The molecule has 19 heavy (non-hydrogen) atoms. The van der Waals surface area contributed by atoms with Crippen LogP contribution < -0.4 is 5.73 Å². The smallest absolute Gasteiger partial charge is 0.256 e. The van der Waals surface area contributed by atoms with Crippen molar-refractivity contribution in [2.24, 2.45) is 5.92 Å². The Morgan fingerprint density at radius 1 is 1.16 bits per heavy atom. The summed E-state index contributed by atoms with van der Waals surface area (Å²) in [6, 6.07) is 7.33. The van der Waals surface area contributed by atoms with E-state index in [9.17, 15) is 4.79 Å². The van der Waals surface area contributed by atoms with Crippen molar-refractivity contribution in [3.63, 3.8) is 0 Å². The topological polar surface area (TPSA) is 49.6 Å². The summed E-state index contributed by atoms with van der Waals surface area (Å²) in [7, 11) is 0. The summed E-state index contributed by atoms with van der Waals surface area (Å²) >= 11 is 0. The van der Waals surface area contributed by atoms with Crippen molar-refractivity contribution in [2.75, 3.05) is 38.5 Å². The molecule has 0 unspecified atom stereocenters. The quantitative estimate of drug-likeness (QED) is 0.836. The first-order valence-electron chi connectivity index (χ1n) is 7.10. The summed E-state index contributed by atoms with van der Waals surface area (Å²) in [4.78, 5) is 16.8. The molecule has 3 rings (SSSR count). The van der Waals surface area contributed by atoms with E-state index in [1.54, 1.807) is 6.07 Å². The maximum Gasteiger partial charge on any atom is 0.256 e. The zero-order chi connectivity index (χ0) is 13.2. The summed E-state index contributed by atoms with van der Waals surface area (Å²) < 4.78 is 0. The van der Waals surface area contributed by atoms with Crippen LogP contribution in [0.5, 0.6) is 0 Å². The van der Waals surface area contributed by atoms with Gasteiger partial charge in [0.25, 0.3) is 5.91 Å². The van der Waals surface area contributed by atoms with Gasteiger partial charge in [0.15, 0.2) is 0 Å². The zero-order valence-corrected chi connectivity index (χ0v) is 11.2. The van der Waals surface area contributed by atoms with Gasteiger partial charge in [-0.05, 0) is 30.9 Å². The minimum Gasteiger partial charge on any atom is -0.398 e. The molecule has 1 heterocycles. The monoisotopic (exact) mass is 259 g/mol. The second-order valence-corrected chi connectivity index (χ2v) is 5.62. The van der Waals surface area contributed by atoms with Crippen LogP contribution in [0.2, 0.25) is 0 Å². The molecule has 2 N–H and O–H groups in total. The van der Waals surface area contributed by atoms with Gasteiger partial charge in [-0.15, -0.1) is 0 Å². The molecule has 4 heteroatoms. The van der Waals surface area contributed by atoms with Crippen LogP contribution in [0.1, 0.15) is 23.2 Å². The van der Waals surface area contributed by atoms with Crippen LogP contribution in [0.25, 0.3) is 0 Å². The van der Waals surface area contributed by atoms with Gasteiger partial charge < -0.3 is 10.6 Å². The average Bonchev–Trinajstić information content (AvgIpc) is 3.23. The molecule has 0 atom stereocenters. The third kappa shape index (κ3) is 2.89. The summed E-state index contributed by atoms with van der Waals surface area (Å²) in [6.45, 7) is 4.85. The summed E-state index contributed by atoms with van der Waals surface area (Å²) in [5.41, 5.74) is 7.09. The van der Waals surface area contributed by atoms with Gasteiger partial charge in [-0.3, -0.25) is 9.69 Å². The Morgan fingerprint density at radius 3 is 2.47 bits per heavy atom. The molecule has 102 valence electrons. The normalized spacial score (nSPS) is 20.5. The molecule has 1 aliphatic heterocycles. The number of anilines is 1. The molecule has 2 fully saturated rings.